The van der Waals surface area contributed by atoms with Crippen LogP contribution in [-0.2, 0) is 12.0 Å². The summed E-state index contributed by atoms with van der Waals surface area (Å²) < 4.78 is 12.7. The van der Waals surface area contributed by atoms with Gasteiger partial charge in [-0.2, -0.15) is 0 Å². The molecule has 1 N–H and O–H groups in total. The number of ether oxygens (including phenoxy) is 1. The molecule has 3 aromatic rings. The highest BCUT2D eigenvalue weighted by molar-refractivity contribution is 5.91. The van der Waals surface area contributed by atoms with E-state index in [-0.39, 0.29) is 29.2 Å². The molecule has 0 aliphatic carbocycles. The van der Waals surface area contributed by atoms with Crippen LogP contribution in [0.2, 0.25) is 0 Å². The van der Waals surface area contributed by atoms with Crippen LogP contribution in [0.15, 0.2) is 70.0 Å². The van der Waals surface area contributed by atoms with E-state index in [1.165, 1.54) is 16.2 Å². The molecule has 29 heavy (non-hydrogen) atoms. The number of nitrogens with zero attached hydrogens (tertiary/aromatic N) is 1. The van der Waals surface area contributed by atoms with Crippen molar-refractivity contribution in [1.82, 2.24) is 9.88 Å². The average molecular weight is 394 g/mol. The Bertz CT molecular complexity index is 1010. The number of pyridine rings is 1. The SMILES string of the molecule is CC(C)(C)c1ccc(OCCNC(=O)c2ccc(Cn3ccccc3=O)o2)cc1. The molecule has 0 saturated carbocycles. The topological polar surface area (TPSA) is 73.5 Å². The molecule has 0 spiro atoms. The molecule has 0 fully saturated rings. The summed E-state index contributed by atoms with van der Waals surface area (Å²) in [5, 5.41) is 2.77. The van der Waals surface area contributed by atoms with Gasteiger partial charge in [-0.25, -0.2) is 0 Å². The number of aromatic nitrogens is 1. The number of nitrogens with one attached hydrogen (secondary N) is 1. The maximum Gasteiger partial charge on any atom is 0.287 e. The van der Waals surface area contributed by atoms with E-state index < -0.39 is 0 Å². The summed E-state index contributed by atoms with van der Waals surface area (Å²) in [6, 6.07) is 16.2. The lowest BCUT2D eigenvalue weighted by molar-refractivity contribution is 0.0917. The first-order chi connectivity index (χ1) is 13.8. The van der Waals surface area contributed by atoms with Crippen LogP contribution in [0.25, 0.3) is 0 Å². The van der Waals surface area contributed by atoms with Gasteiger partial charge in [0.25, 0.3) is 11.5 Å². The highest BCUT2D eigenvalue weighted by Gasteiger charge is 2.13. The van der Waals surface area contributed by atoms with Gasteiger partial charge in [-0.15, -0.1) is 0 Å². The van der Waals surface area contributed by atoms with Crippen LogP contribution in [0.1, 0.15) is 42.6 Å². The fourth-order valence-corrected chi connectivity index (χ4v) is 2.82. The summed E-state index contributed by atoms with van der Waals surface area (Å²) in [6.45, 7) is 7.48. The number of hydrogen-bond acceptors (Lipinski definition) is 4. The van der Waals surface area contributed by atoms with Gasteiger partial charge in [0.2, 0.25) is 0 Å². The lowest BCUT2D eigenvalue weighted by Gasteiger charge is -2.19. The van der Waals surface area contributed by atoms with Crippen LogP contribution >= 0.6 is 0 Å². The van der Waals surface area contributed by atoms with Crippen molar-refractivity contribution < 1.29 is 13.9 Å². The van der Waals surface area contributed by atoms with Gasteiger partial charge in [0.05, 0.1) is 13.1 Å². The van der Waals surface area contributed by atoms with E-state index in [9.17, 15) is 9.59 Å². The Morgan fingerprint density at radius 1 is 1.07 bits per heavy atom. The molecular weight excluding hydrogens is 368 g/mol. The summed E-state index contributed by atoms with van der Waals surface area (Å²) in [4.78, 5) is 24.0. The Hall–Kier alpha value is -3.28. The fourth-order valence-electron chi connectivity index (χ4n) is 2.82. The van der Waals surface area contributed by atoms with Crippen LogP contribution in [0.3, 0.4) is 0 Å². The molecule has 1 amide bonds. The van der Waals surface area contributed by atoms with E-state index in [1.54, 1.807) is 30.5 Å². The van der Waals surface area contributed by atoms with Crippen LogP contribution in [0, 0.1) is 0 Å². The van der Waals surface area contributed by atoms with Gasteiger partial charge >= 0.3 is 0 Å². The summed E-state index contributed by atoms with van der Waals surface area (Å²) >= 11 is 0. The van der Waals surface area contributed by atoms with Gasteiger partial charge in [-0.05, 0) is 41.3 Å². The number of rotatable bonds is 7. The molecule has 0 unspecified atom stereocenters. The normalized spacial score (nSPS) is 11.3. The Morgan fingerprint density at radius 3 is 2.52 bits per heavy atom. The van der Waals surface area contributed by atoms with Crippen LogP contribution < -0.4 is 15.6 Å². The fraction of sp³-hybridized carbons (Fsp3) is 0.304. The number of carbonyl (C=O) groups is 1. The third-order valence-electron chi connectivity index (χ3n) is 4.49. The number of amides is 1. The molecule has 0 bridgehead atoms. The van der Waals surface area contributed by atoms with E-state index >= 15 is 0 Å². The number of benzene rings is 1. The predicted molar refractivity (Wildman–Crippen MR) is 111 cm³/mol. The highest BCUT2D eigenvalue weighted by Crippen LogP contribution is 2.24. The minimum atomic E-state index is -0.316. The van der Waals surface area contributed by atoms with Crippen molar-refractivity contribution in [3.63, 3.8) is 0 Å². The Morgan fingerprint density at radius 2 is 1.83 bits per heavy atom. The van der Waals surface area contributed by atoms with Crippen LogP contribution in [-0.4, -0.2) is 23.6 Å². The molecule has 0 atom stereocenters. The maximum absolute atomic E-state index is 12.2. The van der Waals surface area contributed by atoms with Crippen molar-refractivity contribution >= 4 is 5.91 Å². The summed E-state index contributed by atoms with van der Waals surface area (Å²) in [5.74, 6) is 1.20. The number of furan rings is 1. The standard InChI is InChI=1S/C23H26N2O4/c1-23(2,3)17-7-9-18(10-8-17)28-15-13-24-22(27)20-12-11-19(29-20)16-25-14-5-4-6-21(25)26/h4-12,14H,13,15-16H2,1-3H3,(H,24,27). The van der Waals surface area contributed by atoms with Crippen molar-refractivity contribution in [1.29, 1.82) is 0 Å². The number of hydrogen-bond donors (Lipinski definition) is 1. The second kappa shape index (κ2) is 8.82. The molecule has 2 aromatic heterocycles. The molecule has 1 aromatic carbocycles. The lowest BCUT2D eigenvalue weighted by Crippen LogP contribution is -2.27. The van der Waals surface area contributed by atoms with Gasteiger partial charge in [-0.1, -0.05) is 39.0 Å². The Balaban J connectivity index is 1.46. The highest BCUT2D eigenvalue weighted by atomic mass is 16.5. The average Bonchev–Trinajstić information content (AvgIpc) is 3.15. The maximum atomic E-state index is 12.2. The zero-order valence-corrected chi connectivity index (χ0v) is 17.0. The smallest absolute Gasteiger partial charge is 0.287 e. The largest absolute Gasteiger partial charge is 0.492 e. The van der Waals surface area contributed by atoms with Crippen molar-refractivity contribution in [3.05, 3.63) is 88.2 Å². The van der Waals surface area contributed by atoms with Gasteiger partial charge in [0.15, 0.2) is 5.76 Å². The second-order valence-electron chi connectivity index (χ2n) is 7.81. The molecule has 3 rings (SSSR count). The summed E-state index contributed by atoms with van der Waals surface area (Å²) in [7, 11) is 0. The third-order valence-corrected chi connectivity index (χ3v) is 4.49. The first kappa shape index (κ1) is 20.5. The third kappa shape index (κ3) is 5.60. The van der Waals surface area contributed by atoms with Crippen molar-refractivity contribution in [3.8, 4) is 5.75 Å². The van der Waals surface area contributed by atoms with E-state index in [4.69, 9.17) is 9.15 Å². The van der Waals surface area contributed by atoms with Gasteiger partial charge < -0.3 is 19.0 Å². The van der Waals surface area contributed by atoms with E-state index in [0.717, 1.165) is 5.75 Å². The molecule has 0 saturated heterocycles. The lowest BCUT2D eigenvalue weighted by atomic mass is 9.87. The van der Waals surface area contributed by atoms with E-state index in [1.807, 2.05) is 12.1 Å². The van der Waals surface area contributed by atoms with E-state index in [2.05, 4.69) is 38.2 Å². The predicted octanol–water partition coefficient (Wildman–Crippen LogP) is 3.60. The minimum absolute atomic E-state index is 0.0999. The molecule has 0 aliphatic heterocycles. The number of carbonyl (C=O) groups excluding carboxylic acids is 1. The molecule has 0 radical (unpaired) electrons. The summed E-state index contributed by atoms with van der Waals surface area (Å²) in [5.41, 5.74) is 1.22. The van der Waals surface area contributed by atoms with Crippen LogP contribution in [0.4, 0.5) is 0 Å². The quantitative estimate of drug-likeness (QED) is 0.622. The van der Waals surface area contributed by atoms with Gasteiger partial charge in [-0.3, -0.25) is 9.59 Å². The van der Waals surface area contributed by atoms with Crippen molar-refractivity contribution in [2.75, 3.05) is 13.2 Å². The van der Waals surface area contributed by atoms with Gasteiger partial charge in [0, 0.05) is 12.3 Å². The molecule has 152 valence electrons. The first-order valence-corrected chi connectivity index (χ1v) is 9.59. The molecule has 6 heteroatoms. The molecule has 6 nitrogen and oxygen atoms in total. The molecule has 2 heterocycles. The monoisotopic (exact) mass is 394 g/mol. The Kier molecular flexibility index (Phi) is 6.22. The second-order valence-corrected chi connectivity index (χ2v) is 7.81. The zero-order chi connectivity index (χ0) is 20.9. The van der Waals surface area contributed by atoms with Crippen molar-refractivity contribution in [2.24, 2.45) is 0 Å². The first-order valence-electron chi connectivity index (χ1n) is 9.59. The van der Waals surface area contributed by atoms with Gasteiger partial charge in [0.1, 0.15) is 18.1 Å². The zero-order valence-electron chi connectivity index (χ0n) is 17.0. The molecular formula is C23H26N2O4. The van der Waals surface area contributed by atoms with E-state index in [0.29, 0.717) is 18.9 Å². The summed E-state index contributed by atoms with van der Waals surface area (Å²) in [6.07, 6.45) is 1.68. The van der Waals surface area contributed by atoms with Crippen LogP contribution in [0.5, 0.6) is 5.75 Å². The Labute approximate surface area is 170 Å². The molecule has 0 aliphatic rings. The van der Waals surface area contributed by atoms with Crippen molar-refractivity contribution in [2.45, 2.75) is 32.7 Å². The minimum Gasteiger partial charge on any atom is -0.492 e.